The van der Waals surface area contributed by atoms with Crippen LogP contribution in [0.1, 0.15) is 11.1 Å². The second-order valence-electron chi connectivity index (χ2n) is 4.31. The van der Waals surface area contributed by atoms with Gasteiger partial charge in [-0.15, -0.1) is 0 Å². The molecule has 0 aliphatic rings. The number of oxime groups is 1. The molecule has 1 aromatic heterocycles. The van der Waals surface area contributed by atoms with Crippen LogP contribution >= 0.6 is 35.0 Å². The maximum atomic E-state index is 11.6. The monoisotopic (exact) mass is 370 g/mol. The fourth-order valence-electron chi connectivity index (χ4n) is 1.59. The molecule has 2 rings (SSSR count). The number of hydrogen-bond acceptors (Lipinski definition) is 6. The molecule has 0 aliphatic carbocycles. The first kappa shape index (κ1) is 17.5. The van der Waals surface area contributed by atoms with Gasteiger partial charge in [0.1, 0.15) is 10.3 Å². The number of anilines is 1. The summed E-state index contributed by atoms with van der Waals surface area (Å²) in [6.45, 7) is 1.91. The quantitative estimate of drug-likeness (QED) is 0.215. The summed E-state index contributed by atoms with van der Waals surface area (Å²) >= 11 is 13.3. The fraction of sp³-hybridized carbons (Fsp3) is 0.143. The van der Waals surface area contributed by atoms with Crippen LogP contribution in [-0.4, -0.2) is 28.5 Å². The summed E-state index contributed by atoms with van der Waals surface area (Å²) in [6, 6.07) is 7.27. The Morgan fingerprint density at radius 2 is 2.04 bits per heavy atom. The first-order valence-corrected chi connectivity index (χ1v) is 8.32. The molecule has 0 aliphatic heterocycles. The van der Waals surface area contributed by atoms with Crippen molar-refractivity contribution in [1.29, 1.82) is 0 Å². The first-order chi connectivity index (χ1) is 11.0. The Kier molecular flexibility index (Phi) is 6.20. The van der Waals surface area contributed by atoms with Gasteiger partial charge in [-0.05, 0) is 30.9 Å². The summed E-state index contributed by atoms with van der Waals surface area (Å²) in [5.74, 6) is 0. The third-order valence-corrected chi connectivity index (χ3v) is 3.72. The van der Waals surface area contributed by atoms with Gasteiger partial charge in [-0.2, -0.15) is 0 Å². The zero-order valence-corrected chi connectivity index (χ0v) is 14.5. The van der Waals surface area contributed by atoms with Gasteiger partial charge >= 0.3 is 6.09 Å². The van der Waals surface area contributed by atoms with Crippen molar-refractivity contribution in [3.05, 3.63) is 45.7 Å². The molecule has 9 heteroatoms. The highest BCUT2D eigenvalue weighted by Crippen LogP contribution is 2.22. The lowest BCUT2D eigenvalue weighted by atomic mass is 10.2. The number of halogens is 2. The van der Waals surface area contributed by atoms with Gasteiger partial charge in [0.15, 0.2) is 5.16 Å². The van der Waals surface area contributed by atoms with Crippen LogP contribution in [0.2, 0.25) is 10.3 Å². The highest BCUT2D eigenvalue weighted by atomic mass is 35.5. The molecule has 0 saturated carbocycles. The van der Waals surface area contributed by atoms with Gasteiger partial charge in [-0.1, -0.05) is 52.3 Å². The van der Waals surface area contributed by atoms with Gasteiger partial charge in [0.05, 0.1) is 11.8 Å². The van der Waals surface area contributed by atoms with E-state index in [-0.39, 0.29) is 15.9 Å². The van der Waals surface area contributed by atoms with Crippen LogP contribution < -0.4 is 5.32 Å². The molecule has 0 atom stereocenters. The third kappa shape index (κ3) is 5.09. The van der Waals surface area contributed by atoms with E-state index >= 15 is 0 Å². The molecule has 0 saturated heterocycles. The predicted molar refractivity (Wildman–Crippen MR) is 92.7 cm³/mol. The van der Waals surface area contributed by atoms with E-state index in [0.717, 1.165) is 5.56 Å². The van der Waals surface area contributed by atoms with E-state index in [1.54, 1.807) is 18.4 Å². The van der Waals surface area contributed by atoms with Gasteiger partial charge in [0, 0.05) is 5.69 Å². The Labute approximate surface area is 147 Å². The van der Waals surface area contributed by atoms with Crippen molar-refractivity contribution in [1.82, 2.24) is 9.97 Å². The van der Waals surface area contributed by atoms with Crippen molar-refractivity contribution >= 4 is 53.0 Å². The van der Waals surface area contributed by atoms with E-state index in [9.17, 15) is 4.79 Å². The number of thioether (sulfide) groups is 1. The van der Waals surface area contributed by atoms with Crippen LogP contribution in [0.25, 0.3) is 0 Å². The van der Waals surface area contributed by atoms with Crippen LogP contribution in [0.4, 0.5) is 10.5 Å². The van der Waals surface area contributed by atoms with Crippen molar-refractivity contribution < 1.29 is 9.63 Å². The van der Waals surface area contributed by atoms with Crippen molar-refractivity contribution in [2.45, 2.75) is 12.1 Å². The summed E-state index contributed by atoms with van der Waals surface area (Å²) in [4.78, 5) is 24.4. The lowest BCUT2D eigenvalue weighted by Gasteiger charge is -2.04. The molecule has 0 spiro atoms. The van der Waals surface area contributed by atoms with Crippen LogP contribution in [0.15, 0.2) is 34.6 Å². The molecule has 0 unspecified atom stereocenters. The number of carbonyl (C=O) groups excluding carboxylic acids is 1. The molecule has 1 amide bonds. The van der Waals surface area contributed by atoms with Crippen LogP contribution in [0, 0.1) is 6.92 Å². The second kappa shape index (κ2) is 8.14. The molecule has 0 radical (unpaired) electrons. The maximum Gasteiger partial charge on any atom is 0.437 e. The predicted octanol–water partition coefficient (Wildman–Crippen LogP) is 4.40. The third-order valence-electron chi connectivity index (χ3n) is 2.60. The highest BCUT2D eigenvalue weighted by molar-refractivity contribution is 7.98. The molecular formula is C14H12Cl2N4O2S. The second-order valence-corrected chi connectivity index (χ2v) is 5.80. The summed E-state index contributed by atoms with van der Waals surface area (Å²) in [5, 5.41) is 6.78. The number of aromatic nitrogens is 2. The summed E-state index contributed by atoms with van der Waals surface area (Å²) in [5.41, 5.74) is 1.89. The van der Waals surface area contributed by atoms with Crippen molar-refractivity contribution in [2.24, 2.45) is 5.16 Å². The van der Waals surface area contributed by atoms with Crippen LogP contribution in [0.3, 0.4) is 0 Å². The number of amides is 1. The number of carbonyl (C=O) groups is 1. The minimum absolute atomic E-state index is 0.126. The smallest absolute Gasteiger partial charge is 0.298 e. The number of benzene rings is 1. The van der Waals surface area contributed by atoms with E-state index in [4.69, 9.17) is 28.0 Å². The molecule has 0 bridgehead atoms. The number of nitrogens with zero attached hydrogens (tertiary/aromatic N) is 3. The van der Waals surface area contributed by atoms with Crippen LogP contribution in [-0.2, 0) is 4.84 Å². The Hall–Kier alpha value is -1.83. The minimum Gasteiger partial charge on any atom is -0.298 e. The molecule has 0 fully saturated rings. The van der Waals surface area contributed by atoms with Gasteiger partial charge in [0.25, 0.3) is 0 Å². The SMILES string of the molecule is CSc1nc(Cl)c(/C=N/OC(=O)Nc2cccc(C)c2)c(Cl)n1. The standard InChI is InChI=1S/C14H12Cl2N4O2S/c1-8-4-3-5-9(6-8)18-14(21)22-17-7-10-11(15)19-13(23-2)20-12(10)16/h3-7H,1-2H3,(H,18,21)/b17-7+. The van der Waals surface area contributed by atoms with Gasteiger partial charge in [-0.3, -0.25) is 10.2 Å². The lowest BCUT2D eigenvalue weighted by molar-refractivity contribution is 0.167. The van der Waals surface area contributed by atoms with E-state index in [1.807, 2.05) is 19.1 Å². The average molecular weight is 371 g/mol. The molecule has 23 heavy (non-hydrogen) atoms. The zero-order valence-electron chi connectivity index (χ0n) is 12.2. The number of nitrogens with one attached hydrogen (secondary N) is 1. The van der Waals surface area contributed by atoms with E-state index < -0.39 is 6.09 Å². The molecule has 1 N–H and O–H groups in total. The Bertz CT molecular complexity index is 732. The number of aryl methyl sites for hydroxylation is 1. The normalized spacial score (nSPS) is 10.8. The maximum absolute atomic E-state index is 11.6. The van der Waals surface area contributed by atoms with E-state index in [0.29, 0.717) is 10.8 Å². The topological polar surface area (TPSA) is 76.5 Å². The minimum atomic E-state index is -0.735. The summed E-state index contributed by atoms with van der Waals surface area (Å²) < 4.78 is 0. The molecule has 1 aromatic carbocycles. The van der Waals surface area contributed by atoms with Crippen molar-refractivity contribution in [2.75, 3.05) is 11.6 Å². The fourth-order valence-corrected chi connectivity index (χ4v) is 2.54. The molecule has 120 valence electrons. The largest absolute Gasteiger partial charge is 0.437 e. The Morgan fingerprint density at radius 1 is 1.35 bits per heavy atom. The van der Waals surface area contributed by atoms with E-state index in [1.165, 1.54) is 18.0 Å². The molecule has 2 aromatic rings. The molecular weight excluding hydrogens is 359 g/mol. The van der Waals surface area contributed by atoms with Crippen molar-refractivity contribution in [3.8, 4) is 0 Å². The summed E-state index contributed by atoms with van der Waals surface area (Å²) in [7, 11) is 0. The Balaban J connectivity index is 2.00. The first-order valence-electron chi connectivity index (χ1n) is 6.34. The van der Waals surface area contributed by atoms with Gasteiger partial charge in [-0.25, -0.2) is 14.8 Å². The summed E-state index contributed by atoms with van der Waals surface area (Å²) in [6.07, 6.45) is 2.25. The number of rotatable bonds is 4. The number of hydrogen-bond donors (Lipinski definition) is 1. The van der Waals surface area contributed by atoms with E-state index in [2.05, 4.69) is 20.4 Å². The zero-order chi connectivity index (χ0) is 16.8. The molecule has 6 nitrogen and oxygen atoms in total. The Morgan fingerprint density at radius 3 is 2.65 bits per heavy atom. The highest BCUT2D eigenvalue weighted by Gasteiger charge is 2.10. The van der Waals surface area contributed by atoms with Crippen molar-refractivity contribution in [3.63, 3.8) is 0 Å². The van der Waals surface area contributed by atoms with Crippen LogP contribution in [0.5, 0.6) is 0 Å². The lowest BCUT2D eigenvalue weighted by Crippen LogP contribution is -2.11. The average Bonchev–Trinajstić information content (AvgIpc) is 2.49. The van der Waals surface area contributed by atoms with Gasteiger partial charge < -0.3 is 0 Å². The van der Waals surface area contributed by atoms with Gasteiger partial charge in [0.2, 0.25) is 0 Å². The molecule has 1 heterocycles.